The van der Waals surface area contributed by atoms with Crippen molar-refractivity contribution < 1.29 is 9.53 Å². The van der Waals surface area contributed by atoms with Crippen LogP contribution in [-0.4, -0.2) is 46.8 Å². The monoisotopic (exact) mass is 331 g/mol. The van der Waals surface area contributed by atoms with Gasteiger partial charge in [-0.2, -0.15) is 0 Å². The molecule has 2 saturated heterocycles. The fourth-order valence-corrected chi connectivity index (χ4v) is 4.58. The maximum absolute atomic E-state index is 12.3. The van der Waals surface area contributed by atoms with Crippen LogP contribution in [0.2, 0.25) is 0 Å². The molecule has 4 rings (SSSR count). The summed E-state index contributed by atoms with van der Waals surface area (Å²) in [6.07, 6.45) is 2.68. The molecule has 122 valence electrons. The number of carbonyl (C=O) groups excluding carboxylic acids is 1. The van der Waals surface area contributed by atoms with Crippen molar-refractivity contribution in [1.82, 2.24) is 9.88 Å². The first-order valence-corrected chi connectivity index (χ1v) is 8.83. The molecule has 5 nitrogen and oxygen atoms in total. The van der Waals surface area contributed by atoms with E-state index in [-0.39, 0.29) is 12.1 Å². The topological polar surface area (TPSA) is 45.7 Å². The number of nitrogens with zero attached hydrogens (tertiary/aromatic N) is 3. The highest BCUT2D eigenvalue weighted by Gasteiger charge is 2.46. The highest BCUT2D eigenvalue weighted by atomic mass is 32.1. The molecule has 2 atom stereocenters. The molecule has 0 radical (unpaired) electrons. The van der Waals surface area contributed by atoms with Gasteiger partial charge < -0.3 is 14.5 Å². The SMILES string of the molecule is CC(C)(C)OC(=O)N1C[C@H]2C[C@@H]1CN2c1cc2ncccc2s1. The molecule has 2 aromatic heterocycles. The van der Waals surface area contributed by atoms with E-state index in [9.17, 15) is 4.79 Å². The van der Waals surface area contributed by atoms with Crippen molar-refractivity contribution in [1.29, 1.82) is 0 Å². The van der Waals surface area contributed by atoms with E-state index < -0.39 is 5.60 Å². The molecule has 0 N–H and O–H groups in total. The number of likely N-dealkylation sites (tertiary alicyclic amines) is 1. The molecule has 2 aromatic rings. The van der Waals surface area contributed by atoms with Crippen molar-refractivity contribution in [3.05, 3.63) is 24.4 Å². The maximum Gasteiger partial charge on any atom is 0.410 e. The van der Waals surface area contributed by atoms with Crippen molar-refractivity contribution in [2.75, 3.05) is 18.0 Å². The van der Waals surface area contributed by atoms with E-state index in [0.717, 1.165) is 25.0 Å². The van der Waals surface area contributed by atoms with E-state index in [1.54, 1.807) is 11.3 Å². The molecule has 2 aliphatic rings. The van der Waals surface area contributed by atoms with Crippen LogP contribution in [0.5, 0.6) is 0 Å². The normalized spacial score (nSPS) is 23.8. The van der Waals surface area contributed by atoms with Crippen molar-refractivity contribution in [2.24, 2.45) is 0 Å². The zero-order valence-corrected chi connectivity index (χ0v) is 14.5. The third-order valence-corrected chi connectivity index (χ3v) is 5.55. The number of fused-ring (bicyclic) bond motifs is 3. The predicted molar refractivity (Wildman–Crippen MR) is 92.1 cm³/mol. The molecule has 0 aliphatic carbocycles. The summed E-state index contributed by atoms with van der Waals surface area (Å²) in [7, 11) is 0. The Morgan fingerprint density at radius 3 is 2.83 bits per heavy atom. The molecule has 4 heterocycles. The van der Waals surface area contributed by atoms with Gasteiger partial charge in [0, 0.05) is 25.3 Å². The zero-order valence-electron chi connectivity index (χ0n) is 13.7. The number of aromatic nitrogens is 1. The van der Waals surface area contributed by atoms with Gasteiger partial charge in [-0.15, -0.1) is 11.3 Å². The van der Waals surface area contributed by atoms with Gasteiger partial charge in [0.15, 0.2) is 0 Å². The lowest BCUT2D eigenvalue weighted by Crippen LogP contribution is -2.50. The Bertz CT molecular complexity index is 719. The van der Waals surface area contributed by atoms with Crippen LogP contribution in [0.15, 0.2) is 24.4 Å². The summed E-state index contributed by atoms with van der Waals surface area (Å²) in [5.41, 5.74) is 0.620. The molecule has 0 aromatic carbocycles. The average Bonchev–Trinajstić information content (AvgIpc) is 3.17. The average molecular weight is 331 g/mol. The molecule has 1 amide bonds. The molecule has 2 aliphatic heterocycles. The predicted octanol–water partition coefficient (Wildman–Crippen LogP) is 3.49. The molecular weight excluding hydrogens is 310 g/mol. The number of anilines is 1. The summed E-state index contributed by atoms with van der Waals surface area (Å²) < 4.78 is 6.74. The molecule has 0 spiro atoms. The summed E-state index contributed by atoms with van der Waals surface area (Å²) >= 11 is 1.78. The minimum absolute atomic E-state index is 0.178. The van der Waals surface area contributed by atoms with E-state index in [1.807, 2.05) is 37.9 Å². The minimum atomic E-state index is -0.435. The Morgan fingerprint density at radius 1 is 1.35 bits per heavy atom. The Hall–Kier alpha value is -1.82. The van der Waals surface area contributed by atoms with Crippen molar-refractivity contribution in [3.8, 4) is 0 Å². The first-order valence-electron chi connectivity index (χ1n) is 8.01. The standard InChI is InChI=1S/C17H21N3O2S/c1-17(2,3)22-16(21)20-10-11-7-12(20)9-19(11)15-8-13-14(23-15)5-4-6-18-13/h4-6,8,11-12H,7,9-10H2,1-3H3/t11-,12-/m1/s1. The lowest BCUT2D eigenvalue weighted by Gasteiger charge is -2.35. The van der Waals surface area contributed by atoms with Crippen LogP contribution in [-0.2, 0) is 4.74 Å². The summed E-state index contributed by atoms with van der Waals surface area (Å²) in [5.74, 6) is 0. The van der Waals surface area contributed by atoms with Gasteiger partial charge in [0.2, 0.25) is 0 Å². The molecular formula is C17H21N3O2S. The summed E-state index contributed by atoms with van der Waals surface area (Å²) in [6.45, 7) is 7.37. The van der Waals surface area contributed by atoms with Crippen LogP contribution in [0.3, 0.4) is 0 Å². The van der Waals surface area contributed by atoms with E-state index in [1.165, 1.54) is 9.70 Å². The minimum Gasteiger partial charge on any atom is -0.444 e. The van der Waals surface area contributed by atoms with Crippen molar-refractivity contribution >= 4 is 32.6 Å². The van der Waals surface area contributed by atoms with Gasteiger partial charge in [-0.05, 0) is 45.4 Å². The Morgan fingerprint density at radius 2 is 2.17 bits per heavy atom. The van der Waals surface area contributed by atoms with Crippen molar-refractivity contribution in [2.45, 2.75) is 44.9 Å². The number of hydrogen-bond acceptors (Lipinski definition) is 5. The number of rotatable bonds is 1. The largest absolute Gasteiger partial charge is 0.444 e. The van der Waals surface area contributed by atoms with Crippen LogP contribution in [0.25, 0.3) is 10.2 Å². The van der Waals surface area contributed by atoms with E-state index in [4.69, 9.17) is 4.74 Å². The fraction of sp³-hybridized carbons (Fsp3) is 0.529. The second-order valence-electron chi connectivity index (χ2n) is 7.30. The maximum atomic E-state index is 12.3. The fourth-order valence-electron chi connectivity index (χ4n) is 3.48. The first-order chi connectivity index (χ1) is 10.9. The number of ether oxygens (including phenoxy) is 1. The number of piperazine rings is 1. The van der Waals surface area contributed by atoms with Crippen LogP contribution >= 0.6 is 11.3 Å². The molecule has 23 heavy (non-hydrogen) atoms. The van der Waals surface area contributed by atoms with Gasteiger partial charge in [0.05, 0.1) is 21.3 Å². The summed E-state index contributed by atoms with van der Waals surface area (Å²) in [4.78, 5) is 21.1. The number of pyridine rings is 1. The van der Waals surface area contributed by atoms with Gasteiger partial charge in [0.25, 0.3) is 0 Å². The Labute approximate surface area is 139 Å². The number of thiophene rings is 1. The van der Waals surface area contributed by atoms with Crippen molar-refractivity contribution in [3.63, 3.8) is 0 Å². The quantitative estimate of drug-likeness (QED) is 0.802. The third kappa shape index (κ3) is 2.65. The highest BCUT2D eigenvalue weighted by molar-refractivity contribution is 7.22. The van der Waals surface area contributed by atoms with Crippen LogP contribution in [0.4, 0.5) is 9.80 Å². The third-order valence-electron chi connectivity index (χ3n) is 4.43. The smallest absolute Gasteiger partial charge is 0.410 e. The molecule has 2 bridgehead atoms. The van der Waals surface area contributed by atoms with Crippen LogP contribution in [0, 0.1) is 0 Å². The number of hydrogen-bond donors (Lipinski definition) is 0. The summed E-state index contributed by atoms with van der Waals surface area (Å²) in [6, 6.07) is 6.90. The Balaban J connectivity index is 1.49. The van der Waals surface area contributed by atoms with E-state index in [2.05, 4.69) is 22.0 Å². The number of amides is 1. The van der Waals surface area contributed by atoms with Crippen LogP contribution < -0.4 is 4.90 Å². The van der Waals surface area contributed by atoms with E-state index >= 15 is 0 Å². The number of carbonyl (C=O) groups is 1. The Kier molecular flexibility index (Phi) is 3.27. The lowest BCUT2D eigenvalue weighted by atomic mass is 10.2. The second kappa shape index (κ2) is 5.09. The summed E-state index contributed by atoms with van der Waals surface area (Å²) in [5, 5.41) is 1.26. The van der Waals surface area contributed by atoms with Gasteiger partial charge in [0.1, 0.15) is 5.60 Å². The second-order valence-corrected chi connectivity index (χ2v) is 8.36. The molecule has 0 saturated carbocycles. The highest BCUT2D eigenvalue weighted by Crippen LogP contribution is 2.40. The van der Waals surface area contributed by atoms with Gasteiger partial charge in [-0.1, -0.05) is 0 Å². The zero-order chi connectivity index (χ0) is 16.2. The molecule has 0 unspecified atom stereocenters. The van der Waals surface area contributed by atoms with Crippen LogP contribution in [0.1, 0.15) is 27.2 Å². The van der Waals surface area contributed by atoms with Gasteiger partial charge in [-0.3, -0.25) is 4.98 Å². The molecule has 6 heteroatoms. The molecule has 2 fully saturated rings. The first kappa shape index (κ1) is 14.8. The lowest BCUT2D eigenvalue weighted by molar-refractivity contribution is 0.0215. The van der Waals surface area contributed by atoms with Gasteiger partial charge >= 0.3 is 6.09 Å². The van der Waals surface area contributed by atoms with Gasteiger partial charge in [-0.25, -0.2) is 4.79 Å². The van der Waals surface area contributed by atoms with E-state index in [0.29, 0.717) is 6.04 Å².